The molecule has 6 aromatic carbocycles. The number of alkyl carbamates (subject to hydrolysis) is 1. The van der Waals surface area contributed by atoms with Crippen LogP contribution in [0.15, 0.2) is 146 Å². The van der Waals surface area contributed by atoms with Gasteiger partial charge in [0.05, 0.1) is 20.2 Å². The number of ether oxygens (including phenoxy) is 1. The largest absolute Gasteiger partial charge is 0.465 e. The lowest BCUT2D eigenvalue weighted by molar-refractivity contribution is -0.144. The third-order valence-corrected chi connectivity index (χ3v) is 22.2. The Bertz CT molecular complexity index is 3880. The second kappa shape index (κ2) is 28.1. The second-order valence-electron chi connectivity index (χ2n) is 27.9. The van der Waals surface area contributed by atoms with Gasteiger partial charge >= 0.3 is 12.2 Å². The fourth-order valence-electron chi connectivity index (χ4n) is 14.3. The number of aryl methyl sites for hydroxylation is 2. The molecule has 496 valence electrons. The maximum atomic E-state index is 15.1. The van der Waals surface area contributed by atoms with E-state index < -0.39 is 97.4 Å². The minimum atomic E-state index is -2.13. The second-order valence-corrected chi connectivity index (χ2v) is 33.0. The van der Waals surface area contributed by atoms with E-state index in [1.807, 2.05) is 72.8 Å². The number of likely N-dealkylation sites (N-methyl/N-ethyl adjacent to an activating group) is 1. The molecule has 0 spiro atoms. The Kier molecular flexibility index (Phi) is 19.8. The molecule has 2 aliphatic heterocycles. The summed E-state index contributed by atoms with van der Waals surface area (Å²) >= 11 is 0. The number of carboxylic acid groups (broad SMARTS) is 1. The van der Waals surface area contributed by atoms with Gasteiger partial charge in [-0.2, -0.15) is 0 Å². The highest BCUT2D eigenvalue weighted by Crippen LogP contribution is 2.45. The smallest absolute Gasteiger partial charge is 0.407 e. The highest BCUT2D eigenvalue weighted by molar-refractivity contribution is 6.79. The highest BCUT2D eigenvalue weighted by atomic mass is 28.3. The van der Waals surface area contributed by atoms with E-state index in [0.717, 1.165) is 75.9 Å². The van der Waals surface area contributed by atoms with Crippen LogP contribution in [0.2, 0.25) is 19.1 Å². The molecule has 7 N–H and O–H groups in total. The third-order valence-electron chi connectivity index (χ3n) is 19.6. The number of rotatable bonds is 18. The summed E-state index contributed by atoms with van der Waals surface area (Å²) < 4.78 is 6.00. The Morgan fingerprint density at radius 2 is 1.16 bits per heavy atom. The van der Waals surface area contributed by atoms with Crippen molar-refractivity contribution in [3.8, 4) is 11.1 Å². The Labute approximate surface area is 555 Å². The number of likely N-dealkylation sites (tertiary alicyclic amines) is 1. The minimum Gasteiger partial charge on any atom is -0.465 e. The molecule has 95 heavy (non-hydrogen) atoms. The molecule has 6 aromatic rings. The van der Waals surface area contributed by atoms with Gasteiger partial charge in [-0.25, -0.2) is 9.59 Å². The van der Waals surface area contributed by atoms with Gasteiger partial charge in [0.25, 0.3) is 11.8 Å². The van der Waals surface area contributed by atoms with E-state index in [4.69, 9.17) is 4.74 Å². The number of carbonyl (C=O) groups is 9. The molecule has 2 heterocycles. The van der Waals surface area contributed by atoms with E-state index in [9.17, 15) is 43.5 Å². The van der Waals surface area contributed by atoms with Crippen LogP contribution in [-0.2, 0) is 48.0 Å². The summed E-state index contributed by atoms with van der Waals surface area (Å²) in [6, 6.07) is 39.2. The van der Waals surface area contributed by atoms with E-state index >= 15 is 4.79 Å². The Morgan fingerprint density at radius 1 is 0.632 bits per heavy atom. The van der Waals surface area contributed by atoms with Gasteiger partial charge in [-0.1, -0.05) is 143 Å². The summed E-state index contributed by atoms with van der Waals surface area (Å²) in [4.78, 5) is 130. The molecule has 20 nitrogen and oxygen atoms in total. The topological polar surface area (TPSA) is 265 Å². The lowest BCUT2D eigenvalue weighted by atomic mass is 9.85. The lowest BCUT2D eigenvalue weighted by Gasteiger charge is -2.37. The van der Waals surface area contributed by atoms with Crippen LogP contribution < -0.4 is 31.9 Å². The summed E-state index contributed by atoms with van der Waals surface area (Å²) in [7, 11) is -0.871. The van der Waals surface area contributed by atoms with Crippen LogP contribution in [0.1, 0.15) is 137 Å². The van der Waals surface area contributed by atoms with Crippen LogP contribution in [-0.4, -0.2) is 144 Å². The first-order chi connectivity index (χ1) is 45.4. The summed E-state index contributed by atoms with van der Waals surface area (Å²) in [5.74, 6) is -3.45. The van der Waals surface area contributed by atoms with Crippen LogP contribution in [0, 0.1) is 5.41 Å². The molecule has 21 heteroatoms. The Morgan fingerprint density at radius 3 is 1.73 bits per heavy atom. The molecule has 8 atom stereocenters. The third kappa shape index (κ3) is 15.0. The zero-order valence-corrected chi connectivity index (χ0v) is 55.9. The van der Waals surface area contributed by atoms with Gasteiger partial charge in [-0.05, 0) is 150 Å². The molecule has 0 radical (unpaired) electrons. The van der Waals surface area contributed by atoms with Crippen LogP contribution in [0.3, 0.4) is 0 Å². The first kappa shape index (κ1) is 66.8. The van der Waals surface area contributed by atoms with Crippen LogP contribution in [0.5, 0.6) is 0 Å². The van der Waals surface area contributed by atoms with Crippen molar-refractivity contribution in [3.63, 3.8) is 0 Å². The predicted molar refractivity (Wildman–Crippen MR) is 363 cm³/mol. The normalized spacial score (nSPS) is 20.2. The monoisotopic (exact) mass is 1300 g/mol. The van der Waals surface area contributed by atoms with Gasteiger partial charge in [0, 0.05) is 55.0 Å². The van der Waals surface area contributed by atoms with Crippen LogP contribution in [0.4, 0.5) is 15.3 Å². The van der Waals surface area contributed by atoms with Gasteiger partial charge in [0.1, 0.15) is 36.8 Å². The molecule has 2 fully saturated rings. The number of nitrogens with zero attached hydrogens (tertiary/aromatic N) is 3. The first-order valence-electron chi connectivity index (χ1n) is 33.0. The Hall–Kier alpha value is -9.63. The van der Waals surface area contributed by atoms with Gasteiger partial charge in [0.2, 0.25) is 29.5 Å². The van der Waals surface area contributed by atoms with Gasteiger partial charge in [0.15, 0.2) is 0 Å². The van der Waals surface area contributed by atoms with Crippen molar-refractivity contribution in [2.24, 2.45) is 5.41 Å². The number of anilines is 1. The average Bonchev–Trinajstić information content (AvgIpc) is 1.64. The fraction of sp³-hybridized carbons (Fsp3) is 0.392. The summed E-state index contributed by atoms with van der Waals surface area (Å²) in [6.45, 7) is 11.0. The van der Waals surface area contributed by atoms with E-state index in [1.54, 1.807) is 74.2 Å². The summed E-state index contributed by atoms with van der Waals surface area (Å²) in [5, 5.41) is 27.7. The summed E-state index contributed by atoms with van der Waals surface area (Å²) in [6.07, 6.45) is 3.48. The lowest BCUT2D eigenvalue weighted by Crippen LogP contribution is -2.60. The predicted octanol–water partition coefficient (Wildman–Crippen LogP) is 9.46. The number of carbonyl (C=O) groups excluding carboxylic acids is 8. The average molecular weight is 1300 g/mol. The molecule has 0 aromatic heterocycles. The maximum Gasteiger partial charge on any atom is 0.407 e. The molecule has 2 saturated heterocycles. The number of fused-ring (bicyclic) bond motifs is 5. The van der Waals surface area contributed by atoms with Crippen molar-refractivity contribution in [3.05, 3.63) is 196 Å². The van der Waals surface area contributed by atoms with Gasteiger partial charge < -0.3 is 51.5 Å². The molecule has 9 amide bonds. The van der Waals surface area contributed by atoms with Crippen molar-refractivity contribution >= 4 is 67.3 Å². The van der Waals surface area contributed by atoms with Gasteiger partial charge in [-0.15, -0.1) is 0 Å². The zero-order chi connectivity index (χ0) is 67.5. The van der Waals surface area contributed by atoms with Crippen molar-refractivity contribution in [2.75, 3.05) is 31.7 Å². The molecule has 3 aliphatic carbocycles. The standard InChI is InChI=1S/C74H85N9O11Si/c1-44(81(5)73(92)93)65(84)80-64(74(2,3)4)71(90)82-40-51(39-62(82)68(87)77-59-28-16-20-46-18-8-10-22-52(46)59)76-67(86)49-34-36-50(37-35-49)75-66(85)48-32-30-45(31-33-48)38-61(79-72(91)94-41-58-56-26-14-12-24-54(56)55-25-13-15-27-57(55)58)70(89)83-43-95(6,7)42-63(83)69(88)78-60-29-17-21-47-19-9-11-23-53(47)60/h8-15,18-19,22-27,30-37,44,51,58-64H,16-17,20-21,28-29,38-43H2,1-7H3,(H,75,85)(H,76,86)(H,77,87)(H,78,88)(H,79,91)(H,80,84)(H,92,93)/t44-,51-,59+,60+,61-,62-,63-,64+/m0/s1. The van der Waals surface area contributed by atoms with Crippen LogP contribution in [0.25, 0.3) is 11.1 Å². The summed E-state index contributed by atoms with van der Waals surface area (Å²) in [5.41, 5.74) is 9.33. The van der Waals surface area contributed by atoms with Gasteiger partial charge in [-0.3, -0.25) is 38.5 Å². The molecule has 0 unspecified atom stereocenters. The maximum absolute atomic E-state index is 15.1. The SMILES string of the molecule is C[C@@H](C(=O)N[C@H](C(=O)N1C[C@@H](NC(=O)c2ccc(NC(=O)c3ccc(C[C@H](NC(=O)OCC4c5ccccc5-c5ccccc54)C(=O)N4C[Si](C)(C)C[C@H]4C(=O)N[C@@H]4CCCc5ccccc54)cc3)cc2)C[C@H]1C(=O)N[C@@H]1CCCc2ccccc21)C(C)(C)C)N(C)C(=O)O. The number of benzene rings is 6. The van der Waals surface area contributed by atoms with Crippen molar-refractivity contribution in [1.29, 1.82) is 0 Å². The van der Waals surface area contributed by atoms with Crippen molar-refractivity contribution in [2.45, 2.75) is 152 Å². The highest BCUT2D eigenvalue weighted by Gasteiger charge is 2.49. The van der Waals surface area contributed by atoms with E-state index in [1.165, 1.54) is 24.4 Å². The molecule has 5 aliphatic rings. The Balaban J connectivity index is 0.760. The molecule has 0 bridgehead atoms. The van der Waals surface area contributed by atoms with E-state index in [0.29, 0.717) is 35.4 Å². The van der Waals surface area contributed by atoms with Crippen molar-refractivity contribution in [1.82, 2.24) is 41.3 Å². The quantitative estimate of drug-likeness (QED) is 0.0398. The number of amides is 9. The molecule has 0 saturated carbocycles. The number of hydrogen-bond acceptors (Lipinski definition) is 10. The molecular weight excluding hydrogens is 1220 g/mol. The molecular formula is C74H85N9O11Si. The van der Waals surface area contributed by atoms with E-state index in [2.05, 4.69) is 69.3 Å². The van der Waals surface area contributed by atoms with Crippen molar-refractivity contribution < 1.29 is 53.0 Å². The minimum absolute atomic E-state index is 0.0268. The zero-order valence-electron chi connectivity index (χ0n) is 54.9. The molecule has 11 rings (SSSR count). The number of nitrogens with one attached hydrogen (secondary N) is 6. The van der Waals surface area contributed by atoms with E-state index in [-0.39, 0.29) is 55.5 Å². The fourth-order valence-corrected chi connectivity index (χ4v) is 17.2. The number of hydrogen-bond donors (Lipinski definition) is 7. The first-order valence-corrected chi connectivity index (χ1v) is 36.4. The van der Waals surface area contributed by atoms with Crippen LogP contribution >= 0.6 is 0 Å².